The number of anilines is 2. The Morgan fingerprint density at radius 3 is 2.52 bits per heavy atom. The first kappa shape index (κ1) is 39.1. The van der Waals surface area contributed by atoms with Crippen LogP contribution in [0.1, 0.15) is 52.2 Å². The number of esters is 1. The molecular formula is C38H48N7O8P. The molecule has 15 nitrogen and oxygen atoms in total. The average Bonchev–Trinajstić information content (AvgIpc) is 3.56. The zero-order chi connectivity index (χ0) is 38.8. The van der Waals surface area contributed by atoms with Gasteiger partial charge in [0.15, 0.2) is 23.2 Å². The summed E-state index contributed by atoms with van der Waals surface area (Å²) in [6.45, 7) is 10.5. The van der Waals surface area contributed by atoms with Crippen molar-refractivity contribution in [2.45, 2.75) is 78.0 Å². The molecule has 5 aromatic rings. The van der Waals surface area contributed by atoms with Crippen molar-refractivity contribution < 1.29 is 38.1 Å². The van der Waals surface area contributed by atoms with Gasteiger partial charge < -0.3 is 35.3 Å². The number of aromatic nitrogens is 4. The van der Waals surface area contributed by atoms with E-state index >= 15 is 0 Å². The van der Waals surface area contributed by atoms with Gasteiger partial charge in [-0.1, -0.05) is 87.5 Å². The van der Waals surface area contributed by atoms with Crippen LogP contribution in [-0.2, 0) is 29.8 Å². The topological polar surface area (TPSA) is 205 Å². The Hall–Kier alpha value is -4.63. The second-order valence-corrected chi connectivity index (χ2v) is 16.6. The van der Waals surface area contributed by atoms with E-state index in [1.807, 2.05) is 75.4 Å². The highest BCUT2D eigenvalue weighted by atomic mass is 31.2. The van der Waals surface area contributed by atoms with Crippen molar-refractivity contribution in [3.8, 4) is 5.75 Å². The lowest BCUT2D eigenvalue weighted by Crippen LogP contribution is -2.44. The van der Waals surface area contributed by atoms with Crippen molar-refractivity contribution >= 4 is 47.4 Å². The van der Waals surface area contributed by atoms with Crippen LogP contribution in [0, 0.1) is 12.3 Å². The Kier molecular flexibility index (Phi) is 11.3. The number of benzene rings is 3. The zero-order valence-electron chi connectivity index (χ0n) is 31.2. The van der Waals surface area contributed by atoms with E-state index < -0.39 is 50.4 Å². The predicted molar refractivity (Wildman–Crippen MR) is 205 cm³/mol. The van der Waals surface area contributed by atoms with Gasteiger partial charge in [0.2, 0.25) is 5.95 Å². The van der Waals surface area contributed by atoms with Gasteiger partial charge in [-0.2, -0.15) is 15.1 Å². The fraction of sp³-hybridized carbons (Fsp3) is 0.421. The molecule has 16 heteroatoms. The van der Waals surface area contributed by atoms with E-state index in [2.05, 4.69) is 25.4 Å². The van der Waals surface area contributed by atoms with Crippen molar-refractivity contribution in [3.63, 3.8) is 0 Å². The lowest BCUT2D eigenvalue weighted by molar-refractivity contribution is -0.148. The Labute approximate surface area is 313 Å². The molecule has 6 N–H and O–H groups in total. The molecule has 6 unspecified atom stereocenters. The van der Waals surface area contributed by atoms with E-state index in [1.54, 1.807) is 25.1 Å². The highest BCUT2D eigenvalue weighted by molar-refractivity contribution is 7.52. The molecule has 0 aliphatic carbocycles. The Bertz CT molecular complexity index is 2150. The molecule has 0 radical (unpaired) electrons. The van der Waals surface area contributed by atoms with Crippen LogP contribution in [0.4, 0.5) is 11.8 Å². The monoisotopic (exact) mass is 761 g/mol. The summed E-state index contributed by atoms with van der Waals surface area (Å²) in [5, 5.41) is 30.7. The quantitative estimate of drug-likeness (QED) is 0.0719. The van der Waals surface area contributed by atoms with Gasteiger partial charge in [-0.05, 0) is 49.6 Å². The second kappa shape index (κ2) is 15.6. The molecule has 0 spiro atoms. The standard InChI is InChI=1S/C38H48N7O8P/c1-23(34(47)50-22-37(3,4)5)44-54(49,53-28-18-12-16-26-15-10-11-17-27(26)28)51-21-29-31(46)38(6,48)35(52-29)45-24(2)41-30-32(42-36(39)43-33(30)45)40-20-19-25-13-8-7-9-14-25/h7-18,23,29,31,35,46,48H,19-22H2,1-6H3,(H,44,49)(H3,39,40,42,43). The van der Waals surface area contributed by atoms with Gasteiger partial charge in [-0.15, -0.1) is 0 Å². The number of carbonyl (C=O) groups excluding carboxylic acids is 1. The maximum absolute atomic E-state index is 14.5. The third kappa shape index (κ3) is 8.67. The molecule has 288 valence electrons. The van der Waals surface area contributed by atoms with Crippen molar-refractivity contribution in [3.05, 3.63) is 84.2 Å². The molecule has 1 aliphatic heterocycles. The van der Waals surface area contributed by atoms with Crippen LogP contribution < -0.4 is 20.7 Å². The van der Waals surface area contributed by atoms with Gasteiger partial charge in [0.05, 0.1) is 13.2 Å². The van der Waals surface area contributed by atoms with Gasteiger partial charge in [-0.25, -0.2) is 9.55 Å². The summed E-state index contributed by atoms with van der Waals surface area (Å²) in [4.78, 5) is 26.4. The fourth-order valence-electron chi connectivity index (χ4n) is 6.20. The zero-order valence-corrected chi connectivity index (χ0v) is 32.1. The van der Waals surface area contributed by atoms with Gasteiger partial charge in [0.1, 0.15) is 35.4 Å². The minimum absolute atomic E-state index is 0.0309. The van der Waals surface area contributed by atoms with E-state index in [0.29, 0.717) is 29.1 Å². The number of nitrogens with zero attached hydrogens (tertiary/aromatic N) is 4. The Morgan fingerprint density at radius 1 is 1.07 bits per heavy atom. The summed E-state index contributed by atoms with van der Waals surface area (Å²) in [6.07, 6.45) is -3.27. The minimum Gasteiger partial charge on any atom is -0.464 e. The first-order valence-electron chi connectivity index (χ1n) is 17.8. The van der Waals surface area contributed by atoms with Crippen molar-refractivity contribution in [2.24, 2.45) is 5.41 Å². The number of hydrogen-bond donors (Lipinski definition) is 5. The molecule has 3 aromatic carbocycles. The highest BCUT2D eigenvalue weighted by Gasteiger charge is 2.54. The summed E-state index contributed by atoms with van der Waals surface area (Å²) in [7, 11) is -4.40. The normalized spacial score (nSPS) is 21.9. The smallest absolute Gasteiger partial charge is 0.459 e. The minimum atomic E-state index is -4.40. The molecule has 6 atom stereocenters. The largest absolute Gasteiger partial charge is 0.464 e. The summed E-state index contributed by atoms with van der Waals surface area (Å²) in [5.74, 6) is 0.359. The van der Waals surface area contributed by atoms with E-state index in [1.165, 1.54) is 18.4 Å². The third-order valence-electron chi connectivity index (χ3n) is 9.00. The van der Waals surface area contributed by atoms with Crippen LogP contribution in [0.15, 0.2) is 72.8 Å². The van der Waals surface area contributed by atoms with Crippen LogP contribution >= 0.6 is 7.75 Å². The van der Waals surface area contributed by atoms with Gasteiger partial charge in [0, 0.05) is 11.9 Å². The number of nitrogens with two attached hydrogens (primary N) is 1. The lowest BCUT2D eigenvalue weighted by atomic mass is 9.96. The molecule has 1 saturated heterocycles. The van der Waals surface area contributed by atoms with Crippen LogP contribution in [-0.4, -0.2) is 79.3 Å². The van der Waals surface area contributed by atoms with Crippen LogP contribution in [0.2, 0.25) is 0 Å². The molecule has 0 bridgehead atoms. The van der Waals surface area contributed by atoms with E-state index in [9.17, 15) is 19.6 Å². The number of fused-ring (bicyclic) bond motifs is 2. The molecule has 2 aromatic heterocycles. The molecule has 54 heavy (non-hydrogen) atoms. The first-order valence-corrected chi connectivity index (χ1v) is 19.3. The molecule has 1 fully saturated rings. The second-order valence-electron chi connectivity index (χ2n) is 14.9. The van der Waals surface area contributed by atoms with Crippen LogP contribution in [0.5, 0.6) is 5.75 Å². The van der Waals surface area contributed by atoms with E-state index in [-0.39, 0.29) is 29.4 Å². The molecule has 1 aliphatic rings. The van der Waals surface area contributed by atoms with Crippen molar-refractivity contribution in [2.75, 3.05) is 30.8 Å². The van der Waals surface area contributed by atoms with Crippen molar-refractivity contribution in [1.29, 1.82) is 0 Å². The fourth-order valence-corrected chi connectivity index (χ4v) is 7.72. The summed E-state index contributed by atoms with van der Waals surface area (Å²) in [5.41, 5.74) is 5.74. The molecule has 0 amide bonds. The SMILES string of the molecule is Cc1nc2c(NCCc3ccccc3)nc(N)nc2n1C1OC(COP(=O)(NC(C)C(=O)OCC(C)(C)C)Oc2cccc3ccccc23)C(O)C1(C)O. The number of imidazole rings is 1. The number of rotatable bonds is 14. The first-order chi connectivity index (χ1) is 25.5. The lowest BCUT2D eigenvalue weighted by Gasteiger charge is -2.28. The van der Waals surface area contributed by atoms with Gasteiger partial charge in [-0.3, -0.25) is 13.9 Å². The number of nitrogen functional groups attached to an aromatic ring is 1. The number of ether oxygens (including phenoxy) is 2. The Morgan fingerprint density at radius 2 is 1.78 bits per heavy atom. The van der Waals surface area contributed by atoms with Gasteiger partial charge in [0.25, 0.3) is 0 Å². The highest BCUT2D eigenvalue weighted by Crippen LogP contribution is 2.49. The predicted octanol–water partition coefficient (Wildman–Crippen LogP) is 5.31. The Balaban J connectivity index is 1.24. The number of nitrogens with one attached hydrogen (secondary N) is 2. The number of aryl methyl sites for hydroxylation is 1. The van der Waals surface area contributed by atoms with Crippen molar-refractivity contribution in [1.82, 2.24) is 24.6 Å². The molecule has 3 heterocycles. The van der Waals surface area contributed by atoms with E-state index in [4.69, 9.17) is 24.3 Å². The summed E-state index contributed by atoms with van der Waals surface area (Å²) >= 11 is 0. The summed E-state index contributed by atoms with van der Waals surface area (Å²) in [6, 6.07) is 21.5. The number of hydrogen-bond acceptors (Lipinski definition) is 13. The third-order valence-corrected chi connectivity index (χ3v) is 10.6. The maximum atomic E-state index is 14.5. The van der Waals surface area contributed by atoms with Crippen LogP contribution in [0.3, 0.4) is 0 Å². The average molecular weight is 762 g/mol. The summed E-state index contributed by atoms with van der Waals surface area (Å²) < 4.78 is 39.8. The molecule has 6 rings (SSSR count). The maximum Gasteiger partial charge on any atom is 0.459 e. The van der Waals surface area contributed by atoms with E-state index in [0.717, 1.165) is 17.4 Å². The number of aliphatic hydroxyl groups excluding tert-OH is 1. The number of aliphatic hydroxyl groups is 2. The van der Waals surface area contributed by atoms with Gasteiger partial charge >= 0.3 is 13.7 Å². The molecular weight excluding hydrogens is 713 g/mol. The number of carbonyl (C=O) groups is 1. The molecule has 0 saturated carbocycles. The van der Waals surface area contributed by atoms with Crippen LogP contribution in [0.25, 0.3) is 21.9 Å².